The zero-order valence-corrected chi connectivity index (χ0v) is 52.7. The van der Waals surface area contributed by atoms with Crippen molar-refractivity contribution in [2.24, 2.45) is 0 Å². The maximum atomic E-state index is 13.1. The van der Waals surface area contributed by atoms with Crippen LogP contribution in [0, 0.1) is 0 Å². The van der Waals surface area contributed by atoms with Gasteiger partial charge in [-0.05, 0) is 89.9 Å². The minimum absolute atomic E-state index is 0.207. The summed E-state index contributed by atoms with van der Waals surface area (Å²) < 4.78 is 11.3. The highest BCUT2D eigenvalue weighted by molar-refractivity contribution is 5.76. The minimum Gasteiger partial charge on any atom is -0.394 e. The molecule has 0 aromatic carbocycles. The van der Waals surface area contributed by atoms with Gasteiger partial charge in [-0.2, -0.15) is 0 Å². The molecular formula is C73H127NO8. The lowest BCUT2D eigenvalue weighted by atomic mass is 9.99. The van der Waals surface area contributed by atoms with E-state index >= 15 is 0 Å². The van der Waals surface area contributed by atoms with Crippen LogP contribution in [0.25, 0.3) is 0 Å². The fourth-order valence-corrected chi connectivity index (χ4v) is 10.3. The molecule has 0 saturated carbocycles. The van der Waals surface area contributed by atoms with E-state index < -0.39 is 49.5 Å². The monoisotopic (exact) mass is 1150 g/mol. The quantitative estimate of drug-likeness (QED) is 0.0261. The van der Waals surface area contributed by atoms with Gasteiger partial charge in [0.1, 0.15) is 24.4 Å². The lowest BCUT2D eigenvalue weighted by molar-refractivity contribution is -0.302. The van der Waals surface area contributed by atoms with Crippen molar-refractivity contribution in [1.29, 1.82) is 0 Å². The number of ether oxygens (including phenoxy) is 2. The molecule has 9 nitrogen and oxygen atoms in total. The second-order valence-electron chi connectivity index (χ2n) is 23.2. The molecule has 82 heavy (non-hydrogen) atoms. The number of carbonyl (C=O) groups is 1. The zero-order chi connectivity index (χ0) is 59.3. The van der Waals surface area contributed by atoms with E-state index in [-0.39, 0.29) is 12.5 Å². The molecule has 1 saturated heterocycles. The Labute approximate surface area is 504 Å². The van der Waals surface area contributed by atoms with Crippen LogP contribution in [0.5, 0.6) is 0 Å². The van der Waals surface area contributed by atoms with Crippen molar-refractivity contribution in [2.45, 2.75) is 333 Å². The molecule has 1 aliphatic rings. The van der Waals surface area contributed by atoms with Gasteiger partial charge in [-0.1, -0.05) is 303 Å². The minimum atomic E-state index is -1.58. The molecule has 7 unspecified atom stereocenters. The van der Waals surface area contributed by atoms with E-state index in [4.69, 9.17) is 9.47 Å². The van der Waals surface area contributed by atoms with Gasteiger partial charge in [0.15, 0.2) is 6.29 Å². The molecule has 0 aliphatic carbocycles. The van der Waals surface area contributed by atoms with Gasteiger partial charge in [-0.15, -0.1) is 0 Å². The van der Waals surface area contributed by atoms with Crippen LogP contribution >= 0.6 is 0 Å². The number of carbonyl (C=O) groups excluding carboxylic acids is 1. The molecule has 1 fully saturated rings. The third-order valence-corrected chi connectivity index (χ3v) is 15.6. The molecule has 0 aromatic rings. The van der Waals surface area contributed by atoms with Crippen LogP contribution in [-0.4, -0.2) is 87.5 Å². The van der Waals surface area contributed by atoms with E-state index in [2.05, 4.69) is 116 Å². The Kier molecular flexibility index (Phi) is 57.1. The normalized spacial score (nSPS) is 19.0. The van der Waals surface area contributed by atoms with Gasteiger partial charge in [0.05, 0.1) is 25.4 Å². The Morgan fingerprint density at radius 3 is 1.17 bits per heavy atom. The number of allylic oxidation sites excluding steroid dienone is 17. The molecular weight excluding hydrogens is 1020 g/mol. The van der Waals surface area contributed by atoms with Crippen LogP contribution in [0.1, 0.15) is 290 Å². The SMILES string of the molecule is CC/C=C\C/C=C\C/C=C\C/C=C\C/C=C\C/C=C\C/C=C\CCCCCCCC(=O)NC(COC1OC(CO)C(O)C(O)C1O)C(O)/C=C/CC/C=C/CCCCCCCCCCCCCCCCCCCCCCCCCCCC. The molecule has 7 atom stereocenters. The van der Waals surface area contributed by atoms with Crippen molar-refractivity contribution in [3.05, 3.63) is 109 Å². The van der Waals surface area contributed by atoms with E-state index in [1.165, 1.54) is 167 Å². The van der Waals surface area contributed by atoms with Gasteiger partial charge in [0, 0.05) is 6.42 Å². The number of hydrogen-bond acceptors (Lipinski definition) is 8. The maximum Gasteiger partial charge on any atom is 0.220 e. The van der Waals surface area contributed by atoms with Gasteiger partial charge in [-0.3, -0.25) is 4.79 Å². The first-order valence-corrected chi connectivity index (χ1v) is 34.1. The Hall–Kier alpha value is -3.15. The standard InChI is InChI=1S/C73H127NO8/c1-3-5-7-9-11-13-15-17-19-21-23-25-27-29-31-32-33-34-35-37-38-40-42-44-46-48-50-52-54-56-58-60-62-67(76)66(65-81-73-72(80)71(79)70(78)68(64-75)82-73)74-69(77)63-61-59-57-55-53-51-49-47-45-43-41-39-36-30-28-26-24-22-20-18-16-14-12-10-8-6-4-2/h6,8,12,14,18,20,24,26,30,36,41,43,47,49,52,54,60,62,66-68,70-73,75-76,78-80H,3-5,7,9-11,13,15-17,19,21-23,25,27-29,31-35,37-40,42,44-46,48,50-51,53,55-59,61,63-65H2,1-2H3,(H,74,77)/b8-6-,14-12-,20-18-,26-24-,36-30-,43-41-,49-47-,54-52+,62-60+. The first kappa shape index (κ1) is 76.9. The van der Waals surface area contributed by atoms with E-state index in [0.29, 0.717) is 6.42 Å². The zero-order valence-electron chi connectivity index (χ0n) is 52.7. The summed E-state index contributed by atoms with van der Waals surface area (Å²) in [5, 5.41) is 54.7. The fourth-order valence-electron chi connectivity index (χ4n) is 10.3. The summed E-state index contributed by atoms with van der Waals surface area (Å²) in [7, 11) is 0. The van der Waals surface area contributed by atoms with Crippen molar-refractivity contribution < 1.29 is 39.8 Å². The van der Waals surface area contributed by atoms with Crippen molar-refractivity contribution in [3.8, 4) is 0 Å². The van der Waals surface area contributed by atoms with E-state index in [9.17, 15) is 30.3 Å². The molecule has 0 bridgehead atoms. The second-order valence-corrected chi connectivity index (χ2v) is 23.2. The molecule has 0 spiro atoms. The molecule has 1 rings (SSSR count). The number of aliphatic hydroxyl groups is 5. The Bertz CT molecular complexity index is 1660. The molecule has 1 amide bonds. The number of aliphatic hydroxyl groups excluding tert-OH is 5. The summed E-state index contributed by atoms with van der Waals surface area (Å²) in [5.41, 5.74) is 0. The number of amides is 1. The number of nitrogens with one attached hydrogen (secondary N) is 1. The van der Waals surface area contributed by atoms with Crippen LogP contribution in [0.3, 0.4) is 0 Å². The summed E-state index contributed by atoms with van der Waals surface area (Å²) in [4.78, 5) is 13.1. The Balaban J connectivity index is 2.20. The summed E-state index contributed by atoms with van der Waals surface area (Å²) in [6, 6.07) is -0.843. The molecule has 6 N–H and O–H groups in total. The van der Waals surface area contributed by atoms with Gasteiger partial charge < -0.3 is 40.3 Å². The predicted octanol–water partition coefficient (Wildman–Crippen LogP) is 18.5. The number of hydrogen-bond donors (Lipinski definition) is 6. The van der Waals surface area contributed by atoms with Gasteiger partial charge in [0.25, 0.3) is 0 Å². The van der Waals surface area contributed by atoms with Crippen molar-refractivity contribution >= 4 is 5.91 Å². The van der Waals surface area contributed by atoms with Gasteiger partial charge in [-0.25, -0.2) is 0 Å². The first-order valence-electron chi connectivity index (χ1n) is 34.1. The molecule has 472 valence electrons. The lowest BCUT2D eigenvalue weighted by Gasteiger charge is -2.40. The van der Waals surface area contributed by atoms with E-state index in [1.807, 2.05) is 6.08 Å². The van der Waals surface area contributed by atoms with Crippen LogP contribution in [0.15, 0.2) is 109 Å². The number of rotatable bonds is 58. The molecule has 1 aliphatic heterocycles. The van der Waals surface area contributed by atoms with Crippen LogP contribution in [-0.2, 0) is 14.3 Å². The molecule has 1 heterocycles. The van der Waals surface area contributed by atoms with Crippen molar-refractivity contribution in [1.82, 2.24) is 5.32 Å². The topological polar surface area (TPSA) is 149 Å². The van der Waals surface area contributed by atoms with Crippen LogP contribution in [0.4, 0.5) is 0 Å². The highest BCUT2D eigenvalue weighted by Crippen LogP contribution is 2.23. The fraction of sp³-hybridized carbons (Fsp3) is 0.740. The van der Waals surface area contributed by atoms with E-state index in [0.717, 1.165) is 103 Å². The van der Waals surface area contributed by atoms with Crippen LogP contribution < -0.4 is 5.32 Å². The average Bonchev–Trinajstić information content (AvgIpc) is 3.53. The Morgan fingerprint density at radius 1 is 0.427 bits per heavy atom. The lowest BCUT2D eigenvalue weighted by Crippen LogP contribution is -2.60. The Morgan fingerprint density at radius 2 is 0.768 bits per heavy atom. The molecule has 0 aromatic heterocycles. The second kappa shape index (κ2) is 61.0. The highest BCUT2D eigenvalue weighted by atomic mass is 16.7. The van der Waals surface area contributed by atoms with Gasteiger partial charge in [0.2, 0.25) is 5.91 Å². The van der Waals surface area contributed by atoms with Crippen LogP contribution in [0.2, 0.25) is 0 Å². The average molecular weight is 1150 g/mol. The largest absolute Gasteiger partial charge is 0.394 e. The maximum absolute atomic E-state index is 13.1. The summed E-state index contributed by atoms with van der Waals surface area (Å²) in [6.45, 7) is 3.66. The third-order valence-electron chi connectivity index (χ3n) is 15.6. The first-order chi connectivity index (χ1) is 40.3. The van der Waals surface area contributed by atoms with E-state index in [1.54, 1.807) is 6.08 Å². The summed E-state index contributed by atoms with van der Waals surface area (Å²) in [6.07, 6.45) is 83.3. The summed E-state index contributed by atoms with van der Waals surface area (Å²) >= 11 is 0. The predicted molar refractivity (Wildman–Crippen MR) is 350 cm³/mol. The third kappa shape index (κ3) is 49.1. The van der Waals surface area contributed by atoms with Crippen molar-refractivity contribution in [2.75, 3.05) is 13.2 Å². The van der Waals surface area contributed by atoms with Gasteiger partial charge >= 0.3 is 0 Å². The molecule has 9 heteroatoms. The molecule has 0 radical (unpaired) electrons. The smallest absolute Gasteiger partial charge is 0.220 e. The van der Waals surface area contributed by atoms with Crippen molar-refractivity contribution in [3.63, 3.8) is 0 Å². The number of unbranched alkanes of at least 4 members (excludes halogenated alkanes) is 32. The summed E-state index contributed by atoms with van der Waals surface area (Å²) in [5.74, 6) is -0.207. The highest BCUT2D eigenvalue weighted by Gasteiger charge is 2.44.